The van der Waals surface area contributed by atoms with Gasteiger partial charge in [0.15, 0.2) is 0 Å². The first-order valence-corrected chi connectivity index (χ1v) is 11.4. The van der Waals surface area contributed by atoms with Gasteiger partial charge in [0.25, 0.3) is 0 Å². The molecule has 1 aliphatic rings. The Hall–Kier alpha value is -0.923. The predicted molar refractivity (Wildman–Crippen MR) is 104 cm³/mol. The lowest BCUT2D eigenvalue weighted by Crippen LogP contribution is -2.42. The van der Waals surface area contributed by atoms with Crippen molar-refractivity contribution in [1.82, 2.24) is 0 Å². The molecule has 1 aromatic rings. The van der Waals surface area contributed by atoms with E-state index in [1.807, 2.05) is 6.92 Å². The van der Waals surface area contributed by atoms with Gasteiger partial charge < -0.3 is 22.8 Å². The molecule has 148 valence electrons. The molecule has 26 heavy (non-hydrogen) atoms. The van der Waals surface area contributed by atoms with Crippen LogP contribution in [-0.4, -0.2) is 35.9 Å². The molecule has 0 spiro atoms. The second-order valence-corrected chi connectivity index (χ2v) is 10.6. The fraction of sp³-hybridized carbons (Fsp3) is 0.700. The number of hydrogen-bond donors (Lipinski definition) is 0. The minimum atomic E-state index is -2.49. The average molecular weight is 383 g/mol. The van der Waals surface area contributed by atoms with E-state index in [9.17, 15) is 0 Å². The molecule has 0 radical (unpaired) electrons. The Morgan fingerprint density at radius 2 is 1.85 bits per heavy atom. The summed E-state index contributed by atoms with van der Waals surface area (Å²) in [6.45, 7) is 7.09. The zero-order valence-electron chi connectivity index (χ0n) is 17.1. The molecule has 1 aliphatic heterocycles. The van der Waals surface area contributed by atoms with Crippen molar-refractivity contribution in [3.63, 3.8) is 0 Å². The summed E-state index contributed by atoms with van der Waals surface area (Å²) in [5.41, 5.74) is 2.39. The Bertz CT molecular complexity index is 565. The van der Waals surface area contributed by atoms with Gasteiger partial charge in [-0.1, -0.05) is 19.9 Å². The van der Waals surface area contributed by atoms with Crippen molar-refractivity contribution < 1.29 is 22.8 Å². The van der Waals surface area contributed by atoms with E-state index < -0.39 is 14.6 Å². The number of rotatable bonds is 10. The van der Waals surface area contributed by atoms with E-state index in [4.69, 9.17) is 22.8 Å². The molecule has 1 unspecified atom stereocenters. The summed E-state index contributed by atoms with van der Waals surface area (Å²) in [5, 5.41) is 0. The van der Waals surface area contributed by atoms with E-state index >= 15 is 0 Å². The van der Waals surface area contributed by atoms with Crippen LogP contribution in [-0.2, 0) is 31.0 Å². The Morgan fingerprint density at radius 3 is 2.46 bits per heavy atom. The molecule has 0 fully saturated rings. The fourth-order valence-corrected chi connectivity index (χ4v) is 4.95. The zero-order valence-corrected chi connectivity index (χ0v) is 18.1. The van der Waals surface area contributed by atoms with E-state index in [2.05, 4.69) is 32.0 Å². The van der Waals surface area contributed by atoms with Gasteiger partial charge in [-0.05, 0) is 42.9 Å². The number of aryl methyl sites for hydroxylation is 1. The van der Waals surface area contributed by atoms with E-state index in [0.29, 0.717) is 12.5 Å². The number of hydrogen-bond acceptors (Lipinski definition) is 5. The van der Waals surface area contributed by atoms with Gasteiger partial charge in [-0.25, -0.2) is 0 Å². The molecule has 6 heteroatoms. The van der Waals surface area contributed by atoms with E-state index in [0.717, 1.165) is 43.0 Å². The first-order chi connectivity index (χ1) is 12.4. The van der Waals surface area contributed by atoms with Crippen molar-refractivity contribution in [1.29, 1.82) is 0 Å². The third-order valence-corrected chi connectivity index (χ3v) is 7.87. The van der Waals surface area contributed by atoms with Crippen LogP contribution >= 0.6 is 0 Å². The van der Waals surface area contributed by atoms with Gasteiger partial charge in [0, 0.05) is 46.3 Å². The Labute approximate surface area is 159 Å². The molecule has 0 aliphatic carbocycles. The van der Waals surface area contributed by atoms with Crippen molar-refractivity contribution in [2.24, 2.45) is 5.92 Å². The van der Waals surface area contributed by atoms with Crippen LogP contribution < -0.4 is 4.74 Å². The topological polar surface area (TPSA) is 46.2 Å². The lowest BCUT2D eigenvalue weighted by atomic mass is 10.0. The minimum Gasteiger partial charge on any atom is -0.462 e. The lowest BCUT2D eigenvalue weighted by Gasteiger charge is -2.36. The first-order valence-electron chi connectivity index (χ1n) is 9.45. The number of ether oxygens (including phenoxy) is 2. The summed E-state index contributed by atoms with van der Waals surface area (Å²) >= 11 is 0. The first kappa shape index (κ1) is 21.4. The van der Waals surface area contributed by atoms with Crippen molar-refractivity contribution in [3.05, 3.63) is 29.3 Å². The van der Waals surface area contributed by atoms with Crippen LogP contribution in [0, 0.1) is 5.92 Å². The number of benzene rings is 1. The van der Waals surface area contributed by atoms with E-state index in [-0.39, 0.29) is 0 Å². The molecular formula is C20H34O5Si. The maximum atomic E-state index is 6.16. The maximum Gasteiger partial charge on any atom is 0.500 e. The van der Waals surface area contributed by atoms with Crippen molar-refractivity contribution in [3.8, 4) is 5.75 Å². The summed E-state index contributed by atoms with van der Waals surface area (Å²) < 4.78 is 28.6. The SMILES string of the molecule is CO[Si](CCCc1ccc2c(c1)COC(C)(CCC(C)C)O2)(OC)OC. The molecule has 5 nitrogen and oxygen atoms in total. The third-order valence-electron chi connectivity index (χ3n) is 5.04. The number of fused-ring (bicyclic) bond motifs is 1. The monoisotopic (exact) mass is 382 g/mol. The molecule has 0 bridgehead atoms. The van der Waals surface area contributed by atoms with Crippen LogP contribution in [0.3, 0.4) is 0 Å². The molecule has 2 rings (SSSR count). The molecule has 0 saturated heterocycles. The van der Waals surface area contributed by atoms with Gasteiger partial charge in [0.1, 0.15) is 5.75 Å². The van der Waals surface area contributed by atoms with Gasteiger partial charge in [-0.3, -0.25) is 0 Å². The van der Waals surface area contributed by atoms with Crippen LogP contribution in [0.25, 0.3) is 0 Å². The second-order valence-electron chi connectivity index (χ2n) is 7.55. The highest BCUT2D eigenvalue weighted by atomic mass is 28.4. The van der Waals surface area contributed by atoms with Crippen LogP contribution in [0.15, 0.2) is 18.2 Å². The highest BCUT2D eigenvalue weighted by Gasteiger charge is 2.37. The molecule has 1 atom stereocenters. The summed E-state index contributed by atoms with van der Waals surface area (Å²) in [7, 11) is 2.48. The average Bonchev–Trinajstić information content (AvgIpc) is 2.64. The van der Waals surface area contributed by atoms with E-state index in [1.165, 1.54) is 5.56 Å². The van der Waals surface area contributed by atoms with Crippen molar-refractivity contribution in [2.75, 3.05) is 21.3 Å². The quantitative estimate of drug-likeness (QED) is 0.555. The highest BCUT2D eigenvalue weighted by molar-refractivity contribution is 6.60. The van der Waals surface area contributed by atoms with Crippen LogP contribution in [0.1, 0.15) is 51.2 Å². The summed E-state index contributed by atoms with van der Waals surface area (Å²) in [4.78, 5) is 0. The normalized spacial score (nSPS) is 20.1. The zero-order chi connectivity index (χ0) is 19.2. The van der Waals surface area contributed by atoms with Gasteiger partial charge in [0.2, 0.25) is 5.79 Å². The van der Waals surface area contributed by atoms with Crippen molar-refractivity contribution in [2.45, 2.75) is 64.9 Å². The smallest absolute Gasteiger partial charge is 0.462 e. The Morgan fingerprint density at radius 1 is 1.15 bits per heavy atom. The molecule has 0 aromatic heterocycles. The highest BCUT2D eigenvalue weighted by Crippen LogP contribution is 2.35. The van der Waals surface area contributed by atoms with Crippen LogP contribution in [0.2, 0.25) is 6.04 Å². The fourth-order valence-electron chi connectivity index (χ4n) is 3.23. The lowest BCUT2D eigenvalue weighted by molar-refractivity contribution is -0.199. The Balaban J connectivity index is 1.94. The van der Waals surface area contributed by atoms with Crippen LogP contribution in [0.4, 0.5) is 0 Å². The summed E-state index contributed by atoms with van der Waals surface area (Å²) in [6.07, 6.45) is 3.90. The molecule has 0 N–H and O–H groups in total. The largest absolute Gasteiger partial charge is 0.500 e. The molecule has 0 amide bonds. The molecule has 1 aromatic carbocycles. The summed E-state index contributed by atoms with van der Waals surface area (Å²) in [6, 6.07) is 7.21. The second kappa shape index (κ2) is 9.33. The molecule has 1 heterocycles. The third kappa shape index (κ3) is 5.54. The Kier molecular flexibility index (Phi) is 7.67. The van der Waals surface area contributed by atoms with E-state index in [1.54, 1.807) is 21.3 Å². The van der Waals surface area contributed by atoms with Crippen molar-refractivity contribution >= 4 is 8.80 Å². The van der Waals surface area contributed by atoms with Gasteiger partial charge in [-0.2, -0.15) is 0 Å². The summed E-state index contributed by atoms with van der Waals surface area (Å²) in [5.74, 6) is 1.07. The predicted octanol–water partition coefficient (Wildman–Crippen LogP) is 4.56. The maximum absolute atomic E-state index is 6.16. The minimum absolute atomic E-state index is 0.515. The van der Waals surface area contributed by atoms with Gasteiger partial charge in [-0.15, -0.1) is 0 Å². The van der Waals surface area contributed by atoms with Gasteiger partial charge in [0.05, 0.1) is 6.61 Å². The molecular weight excluding hydrogens is 348 g/mol. The molecule has 0 saturated carbocycles. The standard InChI is InChI=1S/C20H34O5Si/c1-16(2)11-12-20(3)24-15-18-14-17(9-10-19(18)25-20)8-7-13-26(21-4,22-5)23-6/h9-10,14,16H,7-8,11-13,15H2,1-6H3. The van der Waals surface area contributed by atoms with Crippen LogP contribution in [0.5, 0.6) is 5.75 Å². The van der Waals surface area contributed by atoms with Gasteiger partial charge >= 0.3 is 8.80 Å².